The van der Waals surface area contributed by atoms with Gasteiger partial charge in [-0.15, -0.1) is 0 Å². The Morgan fingerprint density at radius 1 is 0.591 bits per heavy atom. The summed E-state index contributed by atoms with van der Waals surface area (Å²) in [5.74, 6) is 0. The van der Waals surface area contributed by atoms with E-state index in [1.54, 1.807) is 0 Å². The van der Waals surface area contributed by atoms with Crippen molar-refractivity contribution in [3.8, 4) is 0 Å². The van der Waals surface area contributed by atoms with E-state index < -0.39 is 0 Å². The van der Waals surface area contributed by atoms with Gasteiger partial charge < -0.3 is 5.32 Å². The van der Waals surface area contributed by atoms with E-state index in [4.69, 9.17) is 0 Å². The first-order chi connectivity index (χ1) is 10.9. The van der Waals surface area contributed by atoms with Crippen molar-refractivity contribution < 1.29 is 0 Å². The second kappa shape index (κ2) is 19.9. The summed E-state index contributed by atoms with van der Waals surface area (Å²) < 4.78 is 0. The molecule has 1 N–H and O–H groups in total. The fourth-order valence-corrected chi connectivity index (χ4v) is 2.12. The Morgan fingerprint density at radius 2 is 1.05 bits per heavy atom. The molecule has 0 spiro atoms. The molecular formula is C21H37N. The summed E-state index contributed by atoms with van der Waals surface area (Å²) >= 11 is 0. The van der Waals surface area contributed by atoms with E-state index in [2.05, 4.69) is 60.8 Å². The molecule has 0 aliphatic heterocycles. The maximum atomic E-state index is 3.18. The van der Waals surface area contributed by atoms with Crippen molar-refractivity contribution in [1.29, 1.82) is 0 Å². The molecule has 0 aromatic carbocycles. The van der Waals surface area contributed by atoms with Crippen molar-refractivity contribution in [3.63, 3.8) is 0 Å². The summed E-state index contributed by atoms with van der Waals surface area (Å²) in [5.41, 5.74) is 0. The van der Waals surface area contributed by atoms with Crippen LogP contribution in [0.5, 0.6) is 0 Å². The number of unbranched alkanes of at least 4 members (excludes halogenated alkanes) is 5. The number of nitrogens with one attached hydrogen (secondary N) is 1. The van der Waals surface area contributed by atoms with E-state index in [0.717, 1.165) is 25.8 Å². The summed E-state index contributed by atoms with van der Waals surface area (Å²) in [4.78, 5) is 0. The SMILES string of the molecule is CCCCC/C=C/C/C=C/C/C=C/C/C=C/CCCCNC. The first-order valence-corrected chi connectivity index (χ1v) is 9.16. The minimum Gasteiger partial charge on any atom is -0.320 e. The van der Waals surface area contributed by atoms with Crippen LogP contribution in [0.3, 0.4) is 0 Å². The standard InChI is InChI=1S/C21H37N/c1-3-4-5-6-7-8-9-10-11-12-13-14-15-16-17-18-19-20-21-22-2/h7-8,10-11,13-14,16-17,22H,3-6,9,12,15,18-21H2,1-2H3/b8-7+,11-10+,14-13+,17-16+. The highest BCUT2D eigenvalue weighted by Crippen LogP contribution is 2.01. The van der Waals surface area contributed by atoms with Crippen LogP contribution < -0.4 is 5.32 Å². The van der Waals surface area contributed by atoms with E-state index in [1.807, 2.05) is 7.05 Å². The molecule has 22 heavy (non-hydrogen) atoms. The zero-order chi connectivity index (χ0) is 16.1. The number of hydrogen-bond donors (Lipinski definition) is 1. The van der Waals surface area contributed by atoms with Gasteiger partial charge in [-0.3, -0.25) is 0 Å². The van der Waals surface area contributed by atoms with Crippen molar-refractivity contribution in [3.05, 3.63) is 48.6 Å². The number of hydrogen-bond acceptors (Lipinski definition) is 1. The molecule has 0 aromatic rings. The van der Waals surface area contributed by atoms with Gasteiger partial charge in [0.05, 0.1) is 0 Å². The van der Waals surface area contributed by atoms with E-state index in [1.165, 1.54) is 44.9 Å². The molecule has 0 atom stereocenters. The maximum absolute atomic E-state index is 3.18. The molecule has 0 saturated carbocycles. The molecule has 1 nitrogen and oxygen atoms in total. The van der Waals surface area contributed by atoms with Gasteiger partial charge in [0.25, 0.3) is 0 Å². The fraction of sp³-hybridized carbons (Fsp3) is 0.619. The van der Waals surface area contributed by atoms with Crippen molar-refractivity contribution in [2.45, 2.75) is 71.1 Å². The summed E-state index contributed by atoms with van der Waals surface area (Å²) in [6.45, 7) is 3.38. The van der Waals surface area contributed by atoms with Gasteiger partial charge in [-0.05, 0) is 65.0 Å². The van der Waals surface area contributed by atoms with Gasteiger partial charge in [0.1, 0.15) is 0 Å². The van der Waals surface area contributed by atoms with E-state index in [9.17, 15) is 0 Å². The van der Waals surface area contributed by atoms with E-state index >= 15 is 0 Å². The van der Waals surface area contributed by atoms with Gasteiger partial charge in [-0.2, -0.15) is 0 Å². The summed E-state index contributed by atoms with van der Waals surface area (Å²) in [5, 5.41) is 3.18. The Hall–Kier alpha value is -1.08. The quantitative estimate of drug-likeness (QED) is 0.274. The fourth-order valence-electron chi connectivity index (χ4n) is 2.12. The lowest BCUT2D eigenvalue weighted by Crippen LogP contribution is -2.06. The summed E-state index contributed by atoms with van der Waals surface area (Å²) in [6, 6.07) is 0. The minimum absolute atomic E-state index is 1.06. The lowest BCUT2D eigenvalue weighted by Gasteiger charge is -1.95. The molecule has 0 aromatic heterocycles. The predicted molar refractivity (Wildman–Crippen MR) is 102 cm³/mol. The normalized spacial score (nSPS) is 12.6. The van der Waals surface area contributed by atoms with Crippen LogP contribution in [0, 0.1) is 0 Å². The van der Waals surface area contributed by atoms with Crippen LogP contribution in [0.4, 0.5) is 0 Å². The molecular weight excluding hydrogens is 266 g/mol. The van der Waals surface area contributed by atoms with Crippen LogP contribution in [0.2, 0.25) is 0 Å². The second-order valence-corrected chi connectivity index (χ2v) is 5.69. The first-order valence-electron chi connectivity index (χ1n) is 9.16. The molecule has 0 aliphatic rings. The lowest BCUT2D eigenvalue weighted by atomic mass is 10.2. The Kier molecular flexibility index (Phi) is 18.9. The first kappa shape index (κ1) is 20.9. The largest absolute Gasteiger partial charge is 0.320 e. The Labute approximate surface area is 139 Å². The van der Waals surface area contributed by atoms with Gasteiger partial charge in [0.2, 0.25) is 0 Å². The molecule has 0 rings (SSSR count). The third-order valence-electron chi connectivity index (χ3n) is 3.51. The van der Waals surface area contributed by atoms with Crippen LogP contribution >= 0.6 is 0 Å². The third kappa shape index (κ3) is 18.9. The average molecular weight is 304 g/mol. The molecule has 0 saturated heterocycles. The van der Waals surface area contributed by atoms with Crippen LogP contribution in [0.15, 0.2) is 48.6 Å². The zero-order valence-corrected chi connectivity index (χ0v) is 14.9. The molecule has 0 heterocycles. The molecule has 0 radical (unpaired) electrons. The van der Waals surface area contributed by atoms with Crippen molar-refractivity contribution in [2.75, 3.05) is 13.6 Å². The highest BCUT2D eigenvalue weighted by Gasteiger charge is 1.83. The van der Waals surface area contributed by atoms with Crippen molar-refractivity contribution in [2.24, 2.45) is 0 Å². The monoisotopic (exact) mass is 303 g/mol. The van der Waals surface area contributed by atoms with Gasteiger partial charge in [-0.25, -0.2) is 0 Å². The van der Waals surface area contributed by atoms with Crippen molar-refractivity contribution >= 4 is 0 Å². The third-order valence-corrected chi connectivity index (χ3v) is 3.51. The minimum atomic E-state index is 1.06. The van der Waals surface area contributed by atoms with Crippen molar-refractivity contribution in [1.82, 2.24) is 5.32 Å². The van der Waals surface area contributed by atoms with Crippen LogP contribution in [-0.2, 0) is 0 Å². The molecule has 126 valence electrons. The Balaban J connectivity index is 3.35. The molecule has 0 aliphatic carbocycles. The highest BCUT2D eigenvalue weighted by atomic mass is 14.8. The number of rotatable bonds is 15. The average Bonchev–Trinajstić information content (AvgIpc) is 2.54. The maximum Gasteiger partial charge on any atom is -0.00518 e. The lowest BCUT2D eigenvalue weighted by molar-refractivity contribution is 0.684. The van der Waals surface area contributed by atoms with Gasteiger partial charge in [0, 0.05) is 0 Å². The Bertz CT molecular complexity index is 310. The van der Waals surface area contributed by atoms with E-state index in [-0.39, 0.29) is 0 Å². The predicted octanol–water partition coefficient (Wildman–Crippen LogP) is 6.35. The summed E-state index contributed by atoms with van der Waals surface area (Å²) in [6.07, 6.45) is 30.4. The molecule has 0 bridgehead atoms. The van der Waals surface area contributed by atoms with Gasteiger partial charge in [0.15, 0.2) is 0 Å². The number of allylic oxidation sites excluding steroid dienone is 8. The molecule has 0 unspecified atom stereocenters. The van der Waals surface area contributed by atoms with Gasteiger partial charge >= 0.3 is 0 Å². The highest BCUT2D eigenvalue weighted by molar-refractivity contribution is 4.99. The zero-order valence-electron chi connectivity index (χ0n) is 14.9. The van der Waals surface area contributed by atoms with E-state index in [0.29, 0.717) is 0 Å². The molecule has 0 fully saturated rings. The smallest absolute Gasteiger partial charge is 0.00518 e. The molecule has 0 amide bonds. The van der Waals surface area contributed by atoms with Crippen LogP contribution in [-0.4, -0.2) is 13.6 Å². The van der Waals surface area contributed by atoms with Gasteiger partial charge in [-0.1, -0.05) is 68.4 Å². The van der Waals surface area contributed by atoms with Crippen LogP contribution in [0.25, 0.3) is 0 Å². The topological polar surface area (TPSA) is 12.0 Å². The second-order valence-electron chi connectivity index (χ2n) is 5.69. The summed E-state index contributed by atoms with van der Waals surface area (Å²) in [7, 11) is 2.01. The Morgan fingerprint density at radius 3 is 1.50 bits per heavy atom. The van der Waals surface area contributed by atoms with Crippen LogP contribution in [0.1, 0.15) is 71.1 Å². The molecule has 1 heteroatoms.